The predicted octanol–water partition coefficient (Wildman–Crippen LogP) is 3.35. The van der Waals surface area contributed by atoms with Crippen LogP contribution in [0.25, 0.3) is 0 Å². The summed E-state index contributed by atoms with van der Waals surface area (Å²) in [5, 5.41) is 8.22. The van der Waals surface area contributed by atoms with Gasteiger partial charge in [0.05, 0.1) is 16.9 Å². The molecule has 22 heavy (non-hydrogen) atoms. The highest BCUT2D eigenvalue weighted by atomic mass is 35.5. The van der Waals surface area contributed by atoms with Crippen LogP contribution in [0.2, 0.25) is 5.02 Å². The normalized spacial score (nSPS) is 37.3. The molecule has 0 saturated heterocycles. The molecule has 1 atom stereocenters. The zero-order chi connectivity index (χ0) is 15.4. The van der Waals surface area contributed by atoms with Gasteiger partial charge in [-0.2, -0.15) is 5.10 Å². The number of hydrogen-bond donors (Lipinski definition) is 1. The molecule has 120 valence electrons. The average molecular weight is 322 g/mol. The maximum atomic E-state index is 12.7. The van der Waals surface area contributed by atoms with E-state index in [1.165, 1.54) is 32.1 Å². The minimum absolute atomic E-state index is 0.0836. The summed E-state index contributed by atoms with van der Waals surface area (Å²) in [5.41, 5.74) is 0.856. The van der Waals surface area contributed by atoms with Crippen molar-refractivity contribution in [3.8, 4) is 0 Å². The topological polar surface area (TPSA) is 46.9 Å². The van der Waals surface area contributed by atoms with Gasteiger partial charge in [-0.05, 0) is 69.6 Å². The van der Waals surface area contributed by atoms with Crippen LogP contribution in [0, 0.1) is 30.6 Å². The first-order valence-electron chi connectivity index (χ1n) is 8.53. The van der Waals surface area contributed by atoms with Crippen LogP contribution < -0.4 is 5.32 Å². The van der Waals surface area contributed by atoms with Crippen LogP contribution in [-0.2, 0) is 4.79 Å². The van der Waals surface area contributed by atoms with Crippen molar-refractivity contribution in [1.82, 2.24) is 15.1 Å². The molecule has 1 aromatic rings. The lowest BCUT2D eigenvalue weighted by Crippen LogP contribution is -2.56. The Bertz CT molecular complexity index is 569. The number of hydrogen-bond acceptors (Lipinski definition) is 2. The van der Waals surface area contributed by atoms with E-state index < -0.39 is 0 Å². The molecule has 4 aliphatic rings. The van der Waals surface area contributed by atoms with Crippen molar-refractivity contribution in [3.63, 3.8) is 0 Å². The second kappa shape index (κ2) is 5.26. The van der Waals surface area contributed by atoms with Gasteiger partial charge in [-0.1, -0.05) is 11.6 Å². The Morgan fingerprint density at radius 1 is 1.27 bits per heavy atom. The number of nitrogens with one attached hydrogen (secondary N) is 1. The fourth-order valence-corrected chi connectivity index (χ4v) is 5.48. The van der Waals surface area contributed by atoms with E-state index in [-0.39, 0.29) is 11.9 Å². The van der Waals surface area contributed by atoms with Gasteiger partial charge in [0, 0.05) is 6.04 Å². The van der Waals surface area contributed by atoms with Gasteiger partial charge in [-0.3, -0.25) is 9.48 Å². The number of carbonyl (C=O) groups is 1. The number of amides is 1. The second-order valence-corrected chi connectivity index (χ2v) is 8.07. The number of carbonyl (C=O) groups excluding carboxylic acids is 1. The molecule has 5 rings (SSSR count). The zero-order valence-electron chi connectivity index (χ0n) is 13.3. The van der Waals surface area contributed by atoms with Crippen molar-refractivity contribution >= 4 is 17.5 Å². The Morgan fingerprint density at radius 3 is 2.36 bits per heavy atom. The molecule has 0 aliphatic heterocycles. The monoisotopic (exact) mass is 321 g/mol. The number of halogens is 1. The molecule has 1 N–H and O–H groups in total. The first-order chi connectivity index (χ1) is 10.5. The van der Waals surface area contributed by atoms with Gasteiger partial charge >= 0.3 is 0 Å². The summed E-state index contributed by atoms with van der Waals surface area (Å²) in [4.78, 5) is 12.7. The second-order valence-electron chi connectivity index (χ2n) is 7.66. The molecule has 5 heteroatoms. The van der Waals surface area contributed by atoms with E-state index in [0.29, 0.717) is 22.9 Å². The Morgan fingerprint density at radius 2 is 1.86 bits per heavy atom. The Balaban J connectivity index is 1.47. The lowest BCUT2D eigenvalue weighted by Gasteiger charge is -2.54. The van der Waals surface area contributed by atoms with Crippen molar-refractivity contribution in [3.05, 3.63) is 16.9 Å². The summed E-state index contributed by atoms with van der Waals surface area (Å²) in [6.45, 7) is 3.81. The maximum absolute atomic E-state index is 12.7. The first kappa shape index (κ1) is 14.6. The third-order valence-electron chi connectivity index (χ3n) is 6.27. The highest BCUT2D eigenvalue weighted by Gasteiger charge is 2.48. The third-order valence-corrected chi connectivity index (χ3v) is 6.64. The highest BCUT2D eigenvalue weighted by Crippen LogP contribution is 2.53. The molecule has 0 spiro atoms. The summed E-state index contributed by atoms with van der Waals surface area (Å²) in [6, 6.07) is 0.0822. The number of rotatable bonds is 3. The van der Waals surface area contributed by atoms with E-state index >= 15 is 0 Å². The minimum Gasteiger partial charge on any atom is -0.351 e. The van der Waals surface area contributed by atoms with Crippen molar-refractivity contribution in [2.75, 3.05) is 0 Å². The Kier molecular flexibility index (Phi) is 3.48. The van der Waals surface area contributed by atoms with Gasteiger partial charge in [-0.25, -0.2) is 0 Å². The summed E-state index contributed by atoms with van der Waals surface area (Å²) in [7, 11) is 0. The number of nitrogens with zero attached hydrogens (tertiary/aromatic N) is 2. The zero-order valence-corrected chi connectivity index (χ0v) is 14.0. The molecule has 4 fully saturated rings. The van der Waals surface area contributed by atoms with Gasteiger partial charge < -0.3 is 5.32 Å². The first-order valence-corrected chi connectivity index (χ1v) is 8.90. The molecule has 1 aromatic heterocycles. The van der Waals surface area contributed by atoms with Crippen LogP contribution in [0.1, 0.15) is 50.8 Å². The van der Waals surface area contributed by atoms with E-state index in [9.17, 15) is 4.79 Å². The fraction of sp³-hybridized carbons (Fsp3) is 0.765. The van der Waals surface area contributed by atoms with E-state index in [1.54, 1.807) is 10.9 Å². The fourth-order valence-electron chi connectivity index (χ4n) is 5.35. The van der Waals surface area contributed by atoms with E-state index in [0.717, 1.165) is 17.5 Å². The molecule has 4 bridgehead atoms. The lowest BCUT2D eigenvalue weighted by atomic mass is 9.54. The van der Waals surface area contributed by atoms with Crippen LogP contribution in [0.15, 0.2) is 6.20 Å². The van der Waals surface area contributed by atoms with E-state index in [1.807, 2.05) is 13.8 Å². The molecule has 1 heterocycles. The van der Waals surface area contributed by atoms with Crippen LogP contribution in [0.3, 0.4) is 0 Å². The lowest BCUT2D eigenvalue weighted by molar-refractivity contribution is -0.128. The van der Waals surface area contributed by atoms with E-state index in [4.69, 9.17) is 11.6 Å². The quantitative estimate of drug-likeness (QED) is 0.928. The molecular formula is C17H24ClN3O. The molecule has 4 nitrogen and oxygen atoms in total. The summed E-state index contributed by atoms with van der Waals surface area (Å²) >= 11 is 6.05. The van der Waals surface area contributed by atoms with Crippen LogP contribution >= 0.6 is 11.6 Å². The summed E-state index contributed by atoms with van der Waals surface area (Å²) < 4.78 is 1.73. The third kappa shape index (κ3) is 2.27. The largest absolute Gasteiger partial charge is 0.351 e. The summed E-state index contributed by atoms with van der Waals surface area (Å²) in [5.74, 6) is 3.35. The smallest absolute Gasteiger partial charge is 0.244 e. The maximum Gasteiger partial charge on any atom is 0.244 e. The molecule has 4 aliphatic carbocycles. The van der Waals surface area contributed by atoms with Crippen LogP contribution in [-0.4, -0.2) is 21.7 Å². The SMILES string of the molecule is Cc1c(Cl)cnn1C(C)C(=O)NC1C2CC3CC(C2)CC1C3. The molecule has 1 unspecified atom stereocenters. The average Bonchev–Trinajstić information content (AvgIpc) is 2.81. The minimum atomic E-state index is -0.301. The Hall–Kier alpha value is -1.03. The van der Waals surface area contributed by atoms with Crippen LogP contribution in [0.5, 0.6) is 0 Å². The van der Waals surface area contributed by atoms with Gasteiger partial charge in [-0.15, -0.1) is 0 Å². The summed E-state index contributed by atoms with van der Waals surface area (Å²) in [6.07, 6.45) is 8.33. The van der Waals surface area contributed by atoms with Gasteiger partial charge in [0.15, 0.2) is 0 Å². The van der Waals surface area contributed by atoms with Gasteiger partial charge in [0.1, 0.15) is 6.04 Å². The molecule has 4 saturated carbocycles. The van der Waals surface area contributed by atoms with E-state index in [2.05, 4.69) is 10.4 Å². The number of aromatic nitrogens is 2. The molecule has 0 aromatic carbocycles. The van der Waals surface area contributed by atoms with Crippen LogP contribution in [0.4, 0.5) is 0 Å². The van der Waals surface area contributed by atoms with Crippen molar-refractivity contribution in [1.29, 1.82) is 0 Å². The van der Waals surface area contributed by atoms with Gasteiger partial charge in [0.2, 0.25) is 5.91 Å². The standard InChI is InChI=1S/C17H24ClN3O/c1-9-15(18)8-19-21(9)10(2)17(22)20-16-13-4-11-3-12(6-13)7-14(16)5-11/h8,10-14,16H,3-7H2,1-2H3,(H,20,22). The van der Waals surface area contributed by atoms with Crippen molar-refractivity contribution in [2.45, 2.75) is 58.0 Å². The molecule has 1 amide bonds. The molecule has 0 radical (unpaired) electrons. The van der Waals surface area contributed by atoms with Crippen molar-refractivity contribution in [2.24, 2.45) is 23.7 Å². The van der Waals surface area contributed by atoms with Gasteiger partial charge in [0.25, 0.3) is 0 Å². The molecular weight excluding hydrogens is 298 g/mol. The Labute approximate surface area is 136 Å². The predicted molar refractivity (Wildman–Crippen MR) is 85.7 cm³/mol. The highest BCUT2D eigenvalue weighted by molar-refractivity contribution is 6.31. The van der Waals surface area contributed by atoms with Crippen molar-refractivity contribution < 1.29 is 4.79 Å².